The molecule has 0 amide bonds. The molecule has 2 heteroatoms. The maximum absolute atomic E-state index is 3.49. The Kier molecular flexibility index (Phi) is 4.39. The van der Waals surface area contributed by atoms with E-state index in [1.165, 1.54) is 81.4 Å². The molecule has 0 bridgehead atoms. The van der Waals surface area contributed by atoms with Crippen molar-refractivity contribution in [1.82, 2.24) is 4.90 Å². The molecule has 0 atom stereocenters. The van der Waals surface area contributed by atoms with E-state index in [2.05, 4.69) is 28.4 Å². The van der Waals surface area contributed by atoms with Crippen molar-refractivity contribution in [3.63, 3.8) is 0 Å². The zero-order valence-electron chi connectivity index (χ0n) is 12.0. The number of nitrogens with one attached hydrogen (secondary N) is 1. The minimum absolute atomic E-state index is 1.14. The number of hydrogen-bond donors (Lipinski definition) is 1. The summed E-state index contributed by atoms with van der Waals surface area (Å²) < 4.78 is 0. The van der Waals surface area contributed by atoms with Gasteiger partial charge in [-0.15, -0.1) is 0 Å². The lowest BCUT2D eigenvalue weighted by molar-refractivity contribution is 0.226. The molecule has 104 valence electrons. The number of benzene rings is 1. The van der Waals surface area contributed by atoms with Crippen molar-refractivity contribution in [2.45, 2.75) is 44.9 Å². The molecule has 1 aromatic carbocycles. The van der Waals surface area contributed by atoms with Gasteiger partial charge in [0.15, 0.2) is 0 Å². The van der Waals surface area contributed by atoms with E-state index in [9.17, 15) is 0 Å². The minimum Gasteiger partial charge on any atom is -0.385 e. The van der Waals surface area contributed by atoms with Crippen molar-refractivity contribution in [3.05, 3.63) is 29.3 Å². The van der Waals surface area contributed by atoms with Crippen molar-refractivity contribution < 1.29 is 0 Å². The Labute approximate surface area is 117 Å². The summed E-state index contributed by atoms with van der Waals surface area (Å²) in [6.07, 6.45) is 9.34. The molecule has 1 N–H and O–H groups in total. The summed E-state index contributed by atoms with van der Waals surface area (Å²) >= 11 is 0. The van der Waals surface area contributed by atoms with Crippen molar-refractivity contribution in [3.8, 4) is 0 Å². The van der Waals surface area contributed by atoms with Crippen molar-refractivity contribution >= 4 is 5.69 Å². The number of piperidine rings is 1. The third-order valence-electron chi connectivity index (χ3n) is 4.50. The van der Waals surface area contributed by atoms with Crippen LogP contribution >= 0.6 is 0 Å². The number of nitrogens with zero attached hydrogens (tertiary/aromatic N) is 1. The van der Waals surface area contributed by atoms with E-state index in [4.69, 9.17) is 0 Å². The van der Waals surface area contributed by atoms with Gasteiger partial charge in [-0.1, -0.05) is 18.6 Å². The highest BCUT2D eigenvalue weighted by atomic mass is 15.1. The summed E-state index contributed by atoms with van der Waals surface area (Å²) in [7, 11) is 0. The van der Waals surface area contributed by atoms with E-state index >= 15 is 0 Å². The summed E-state index contributed by atoms with van der Waals surface area (Å²) in [6, 6.07) is 7.02. The van der Waals surface area contributed by atoms with Crippen LogP contribution in [0.5, 0.6) is 0 Å². The summed E-state index contributed by atoms with van der Waals surface area (Å²) in [6.45, 7) is 5.08. The van der Waals surface area contributed by atoms with Gasteiger partial charge in [-0.3, -0.25) is 0 Å². The Bertz CT molecular complexity index is 408. The lowest BCUT2D eigenvalue weighted by atomic mass is 9.99. The average molecular weight is 258 g/mol. The zero-order valence-corrected chi connectivity index (χ0v) is 12.0. The molecule has 0 aliphatic carbocycles. The molecular weight excluding hydrogens is 232 g/mol. The van der Waals surface area contributed by atoms with E-state index in [1.54, 1.807) is 0 Å². The van der Waals surface area contributed by atoms with E-state index in [1.807, 2.05) is 0 Å². The molecule has 0 radical (unpaired) electrons. The summed E-state index contributed by atoms with van der Waals surface area (Å²) in [5, 5.41) is 3.49. The predicted octanol–water partition coefficient (Wildman–Crippen LogP) is 3.46. The normalized spacial score (nSPS) is 19.8. The number of aryl methyl sites for hydroxylation is 2. The van der Waals surface area contributed by atoms with Crippen LogP contribution < -0.4 is 5.32 Å². The molecule has 2 heterocycles. The first kappa shape index (κ1) is 13.0. The lowest BCUT2D eigenvalue weighted by Gasteiger charge is -2.26. The fourth-order valence-corrected chi connectivity index (χ4v) is 3.37. The van der Waals surface area contributed by atoms with Crippen LogP contribution in [-0.4, -0.2) is 31.1 Å². The van der Waals surface area contributed by atoms with Crippen LogP contribution in [0.15, 0.2) is 18.2 Å². The maximum Gasteiger partial charge on any atom is 0.0372 e. The second kappa shape index (κ2) is 6.42. The van der Waals surface area contributed by atoms with Crippen molar-refractivity contribution in [1.29, 1.82) is 0 Å². The van der Waals surface area contributed by atoms with Crippen LogP contribution in [0, 0.1) is 0 Å². The monoisotopic (exact) mass is 258 g/mol. The number of rotatable bonds is 4. The fourth-order valence-electron chi connectivity index (χ4n) is 3.37. The van der Waals surface area contributed by atoms with E-state index in [-0.39, 0.29) is 0 Å². The van der Waals surface area contributed by atoms with Gasteiger partial charge in [0.05, 0.1) is 0 Å². The Morgan fingerprint density at radius 1 is 1.05 bits per heavy atom. The van der Waals surface area contributed by atoms with Crippen LogP contribution in [0.1, 0.15) is 43.2 Å². The largest absolute Gasteiger partial charge is 0.385 e. The second-order valence-electron chi connectivity index (χ2n) is 6.03. The van der Waals surface area contributed by atoms with Gasteiger partial charge in [-0.25, -0.2) is 0 Å². The zero-order chi connectivity index (χ0) is 12.9. The molecule has 2 aliphatic rings. The Hall–Kier alpha value is -1.02. The number of anilines is 1. The Morgan fingerprint density at radius 2 is 1.95 bits per heavy atom. The highest BCUT2D eigenvalue weighted by Gasteiger charge is 2.11. The van der Waals surface area contributed by atoms with Crippen LogP contribution in [-0.2, 0) is 12.8 Å². The molecule has 0 saturated carbocycles. The quantitative estimate of drug-likeness (QED) is 0.889. The second-order valence-corrected chi connectivity index (χ2v) is 6.03. The van der Waals surface area contributed by atoms with Crippen LogP contribution in [0.2, 0.25) is 0 Å². The molecule has 1 fully saturated rings. The fraction of sp³-hybridized carbons (Fsp3) is 0.647. The van der Waals surface area contributed by atoms with Crippen LogP contribution in [0.4, 0.5) is 5.69 Å². The molecule has 0 spiro atoms. The number of hydrogen-bond acceptors (Lipinski definition) is 2. The van der Waals surface area contributed by atoms with E-state index in [0.717, 1.165) is 6.54 Å². The number of likely N-dealkylation sites (tertiary alicyclic amines) is 1. The van der Waals surface area contributed by atoms with Gasteiger partial charge in [0.1, 0.15) is 0 Å². The van der Waals surface area contributed by atoms with Gasteiger partial charge in [0, 0.05) is 12.2 Å². The van der Waals surface area contributed by atoms with Crippen LogP contribution in [0.25, 0.3) is 0 Å². The average Bonchev–Trinajstić information content (AvgIpc) is 2.48. The molecule has 0 aromatic heterocycles. The minimum atomic E-state index is 1.14. The van der Waals surface area contributed by atoms with Gasteiger partial charge in [0.25, 0.3) is 0 Å². The molecular formula is C17H26N2. The maximum atomic E-state index is 3.49. The summed E-state index contributed by atoms with van der Waals surface area (Å²) in [5.41, 5.74) is 4.42. The highest BCUT2D eigenvalue weighted by molar-refractivity contribution is 5.54. The van der Waals surface area contributed by atoms with E-state index in [0.29, 0.717) is 0 Å². The van der Waals surface area contributed by atoms with Gasteiger partial charge >= 0.3 is 0 Å². The summed E-state index contributed by atoms with van der Waals surface area (Å²) in [4.78, 5) is 2.64. The smallest absolute Gasteiger partial charge is 0.0372 e. The first-order valence-corrected chi connectivity index (χ1v) is 8.00. The third-order valence-corrected chi connectivity index (χ3v) is 4.50. The first-order valence-electron chi connectivity index (χ1n) is 8.00. The van der Waals surface area contributed by atoms with Crippen molar-refractivity contribution in [2.75, 3.05) is 31.5 Å². The number of fused-ring (bicyclic) bond motifs is 1. The molecule has 2 aliphatic heterocycles. The highest BCUT2D eigenvalue weighted by Crippen LogP contribution is 2.23. The molecule has 2 nitrogen and oxygen atoms in total. The van der Waals surface area contributed by atoms with Crippen LogP contribution in [0.3, 0.4) is 0 Å². The van der Waals surface area contributed by atoms with Gasteiger partial charge < -0.3 is 10.2 Å². The molecule has 0 unspecified atom stereocenters. The predicted molar refractivity (Wildman–Crippen MR) is 81.9 cm³/mol. The first-order chi connectivity index (χ1) is 9.42. The topological polar surface area (TPSA) is 15.3 Å². The van der Waals surface area contributed by atoms with Gasteiger partial charge in [0.2, 0.25) is 0 Å². The third kappa shape index (κ3) is 3.50. The van der Waals surface area contributed by atoms with Crippen molar-refractivity contribution in [2.24, 2.45) is 0 Å². The molecule has 1 saturated heterocycles. The summed E-state index contributed by atoms with van der Waals surface area (Å²) in [5.74, 6) is 0. The van der Waals surface area contributed by atoms with Gasteiger partial charge in [-0.2, -0.15) is 0 Å². The molecule has 1 aromatic rings. The Balaban J connectivity index is 1.49. The molecule has 19 heavy (non-hydrogen) atoms. The SMILES string of the molecule is c1cc2c(cc1CCCN1CCCCC1)CCCN2. The lowest BCUT2D eigenvalue weighted by Crippen LogP contribution is -2.30. The Morgan fingerprint density at radius 3 is 2.84 bits per heavy atom. The van der Waals surface area contributed by atoms with E-state index < -0.39 is 0 Å². The standard InChI is InChI=1S/C17H26N2/c1-2-11-19(12-3-1)13-5-6-15-8-9-17-16(14-15)7-4-10-18-17/h8-9,14,18H,1-7,10-13H2. The van der Waals surface area contributed by atoms with Gasteiger partial charge in [-0.05, 0) is 75.4 Å². The molecule has 3 rings (SSSR count).